The van der Waals surface area contributed by atoms with Crippen molar-refractivity contribution in [3.63, 3.8) is 0 Å². The Morgan fingerprint density at radius 2 is 1.95 bits per heavy atom. The van der Waals surface area contributed by atoms with E-state index in [1.54, 1.807) is 7.05 Å². The van der Waals surface area contributed by atoms with Gasteiger partial charge >= 0.3 is 0 Å². The van der Waals surface area contributed by atoms with Gasteiger partial charge in [-0.2, -0.15) is 4.98 Å². The molecule has 0 atom stereocenters. The van der Waals surface area contributed by atoms with E-state index in [1.165, 1.54) is 11.1 Å². The quantitative estimate of drug-likeness (QED) is 0.645. The van der Waals surface area contributed by atoms with Gasteiger partial charge in [0.1, 0.15) is 0 Å². The molecule has 2 aromatic rings. The molecular weight excluding hydrogens is 266 g/mol. The van der Waals surface area contributed by atoms with Crippen molar-refractivity contribution in [1.29, 1.82) is 0 Å². The van der Waals surface area contributed by atoms with E-state index < -0.39 is 0 Å². The minimum Gasteiger partial charge on any atom is -0.356 e. The number of aromatic nitrogens is 2. The van der Waals surface area contributed by atoms with E-state index in [4.69, 9.17) is 4.52 Å². The van der Waals surface area contributed by atoms with Crippen molar-refractivity contribution >= 4 is 5.96 Å². The zero-order valence-electron chi connectivity index (χ0n) is 12.7. The number of nitrogens with one attached hydrogen (secondary N) is 2. The Hall–Kier alpha value is -2.37. The van der Waals surface area contributed by atoms with Crippen LogP contribution >= 0.6 is 0 Å². The summed E-state index contributed by atoms with van der Waals surface area (Å²) in [5, 5.41) is 10.2. The monoisotopic (exact) mass is 287 g/mol. The van der Waals surface area contributed by atoms with Crippen molar-refractivity contribution in [3.8, 4) is 0 Å². The topological polar surface area (TPSA) is 75.3 Å². The van der Waals surface area contributed by atoms with Crippen LogP contribution in [0.5, 0.6) is 0 Å². The average molecular weight is 287 g/mol. The Morgan fingerprint density at radius 1 is 1.19 bits per heavy atom. The molecule has 0 saturated heterocycles. The SMILES string of the molecule is CN=C(NCCc1nc(C)no1)NCc1ccc(C)cc1. The smallest absolute Gasteiger partial charge is 0.228 e. The highest BCUT2D eigenvalue weighted by Crippen LogP contribution is 2.02. The number of hydrogen-bond acceptors (Lipinski definition) is 4. The summed E-state index contributed by atoms with van der Waals surface area (Å²) < 4.78 is 5.06. The molecule has 0 unspecified atom stereocenters. The number of hydrogen-bond donors (Lipinski definition) is 2. The lowest BCUT2D eigenvalue weighted by Gasteiger charge is -2.11. The zero-order valence-corrected chi connectivity index (χ0v) is 12.7. The molecule has 0 aliphatic carbocycles. The van der Waals surface area contributed by atoms with E-state index in [1.807, 2.05) is 6.92 Å². The van der Waals surface area contributed by atoms with Crippen LogP contribution in [0.4, 0.5) is 0 Å². The van der Waals surface area contributed by atoms with E-state index in [-0.39, 0.29) is 0 Å². The van der Waals surface area contributed by atoms with Gasteiger partial charge in [-0.1, -0.05) is 35.0 Å². The van der Waals surface area contributed by atoms with Crippen molar-refractivity contribution in [3.05, 3.63) is 47.1 Å². The number of rotatable bonds is 5. The van der Waals surface area contributed by atoms with Crippen molar-refractivity contribution < 1.29 is 4.52 Å². The summed E-state index contributed by atoms with van der Waals surface area (Å²) in [5.41, 5.74) is 2.48. The largest absolute Gasteiger partial charge is 0.356 e. The molecule has 6 heteroatoms. The highest BCUT2D eigenvalue weighted by atomic mass is 16.5. The van der Waals surface area contributed by atoms with Crippen LogP contribution in [0.25, 0.3) is 0 Å². The van der Waals surface area contributed by atoms with Crippen molar-refractivity contribution in [2.75, 3.05) is 13.6 Å². The van der Waals surface area contributed by atoms with Gasteiger partial charge in [0.05, 0.1) is 0 Å². The van der Waals surface area contributed by atoms with Gasteiger partial charge in [-0.15, -0.1) is 0 Å². The lowest BCUT2D eigenvalue weighted by atomic mass is 10.1. The van der Waals surface area contributed by atoms with Gasteiger partial charge in [-0.05, 0) is 19.4 Å². The van der Waals surface area contributed by atoms with E-state index >= 15 is 0 Å². The summed E-state index contributed by atoms with van der Waals surface area (Å²) in [6.45, 7) is 5.31. The highest BCUT2D eigenvalue weighted by Gasteiger charge is 2.03. The first-order valence-electron chi connectivity index (χ1n) is 6.96. The predicted octanol–water partition coefficient (Wildman–Crippen LogP) is 1.59. The molecule has 21 heavy (non-hydrogen) atoms. The molecule has 0 amide bonds. The molecule has 0 fully saturated rings. The molecule has 0 aliphatic rings. The number of aryl methyl sites for hydroxylation is 2. The normalized spacial score (nSPS) is 11.5. The maximum atomic E-state index is 5.06. The molecule has 1 heterocycles. The number of nitrogens with zero attached hydrogens (tertiary/aromatic N) is 3. The fourth-order valence-corrected chi connectivity index (χ4v) is 1.84. The van der Waals surface area contributed by atoms with Crippen LogP contribution in [0, 0.1) is 13.8 Å². The third kappa shape index (κ3) is 4.91. The fraction of sp³-hybridized carbons (Fsp3) is 0.400. The average Bonchev–Trinajstić information content (AvgIpc) is 2.90. The molecular formula is C15H21N5O. The van der Waals surface area contributed by atoms with Crippen LogP contribution in [-0.2, 0) is 13.0 Å². The van der Waals surface area contributed by atoms with Gasteiger partial charge < -0.3 is 15.2 Å². The van der Waals surface area contributed by atoms with Gasteiger partial charge in [0.2, 0.25) is 5.89 Å². The Morgan fingerprint density at radius 3 is 2.57 bits per heavy atom. The van der Waals surface area contributed by atoms with Gasteiger partial charge in [0.25, 0.3) is 0 Å². The van der Waals surface area contributed by atoms with Crippen LogP contribution in [0.1, 0.15) is 22.8 Å². The number of benzene rings is 1. The standard InChI is InChI=1S/C15H21N5O/c1-11-4-6-13(7-5-11)10-18-15(16-3)17-9-8-14-19-12(2)20-21-14/h4-7H,8-10H2,1-3H3,(H2,16,17,18). The van der Waals surface area contributed by atoms with Gasteiger partial charge in [0.15, 0.2) is 11.8 Å². The van der Waals surface area contributed by atoms with Gasteiger partial charge in [-0.3, -0.25) is 4.99 Å². The maximum absolute atomic E-state index is 5.06. The van der Waals surface area contributed by atoms with E-state index in [2.05, 4.69) is 57.0 Å². The van der Waals surface area contributed by atoms with Gasteiger partial charge in [-0.25, -0.2) is 0 Å². The molecule has 6 nitrogen and oxygen atoms in total. The molecule has 0 bridgehead atoms. The van der Waals surface area contributed by atoms with Crippen LogP contribution in [0.3, 0.4) is 0 Å². The Bertz CT molecular complexity index is 588. The first kappa shape index (κ1) is 15.0. The lowest BCUT2D eigenvalue weighted by molar-refractivity contribution is 0.374. The number of guanidine groups is 1. The molecule has 1 aromatic carbocycles. The molecule has 0 aliphatic heterocycles. The summed E-state index contributed by atoms with van der Waals surface area (Å²) in [6.07, 6.45) is 0.673. The van der Waals surface area contributed by atoms with E-state index in [0.29, 0.717) is 24.7 Å². The van der Waals surface area contributed by atoms with Crippen molar-refractivity contribution in [2.24, 2.45) is 4.99 Å². The summed E-state index contributed by atoms with van der Waals surface area (Å²) in [5.74, 6) is 2.05. The third-order valence-corrected chi connectivity index (χ3v) is 3.01. The molecule has 2 rings (SSSR count). The number of aliphatic imine (C=N–C) groups is 1. The molecule has 1 aromatic heterocycles. The minimum atomic E-state index is 0.633. The maximum Gasteiger partial charge on any atom is 0.228 e. The highest BCUT2D eigenvalue weighted by molar-refractivity contribution is 5.79. The second kappa shape index (κ2) is 7.42. The van der Waals surface area contributed by atoms with Crippen molar-refractivity contribution in [2.45, 2.75) is 26.8 Å². The lowest BCUT2D eigenvalue weighted by Crippen LogP contribution is -2.37. The van der Waals surface area contributed by atoms with Crippen molar-refractivity contribution in [1.82, 2.24) is 20.8 Å². The van der Waals surface area contributed by atoms with Crippen LogP contribution in [-0.4, -0.2) is 29.7 Å². The predicted molar refractivity (Wildman–Crippen MR) is 82.1 cm³/mol. The molecule has 2 N–H and O–H groups in total. The molecule has 0 radical (unpaired) electrons. The second-order valence-corrected chi connectivity index (χ2v) is 4.82. The van der Waals surface area contributed by atoms with Crippen LogP contribution in [0.2, 0.25) is 0 Å². The minimum absolute atomic E-state index is 0.633. The first-order valence-corrected chi connectivity index (χ1v) is 6.96. The second-order valence-electron chi connectivity index (χ2n) is 4.82. The summed E-state index contributed by atoms with van der Waals surface area (Å²) in [7, 11) is 1.75. The fourth-order valence-electron chi connectivity index (χ4n) is 1.84. The summed E-state index contributed by atoms with van der Waals surface area (Å²) in [4.78, 5) is 8.34. The Balaban J connectivity index is 1.74. The molecule has 0 spiro atoms. The Kier molecular flexibility index (Phi) is 5.31. The first-order chi connectivity index (χ1) is 10.2. The van der Waals surface area contributed by atoms with Crippen LogP contribution < -0.4 is 10.6 Å². The van der Waals surface area contributed by atoms with Gasteiger partial charge in [0, 0.05) is 26.6 Å². The van der Waals surface area contributed by atoms with E-state index in [9.17, 15) is 0 Å². The molecule has 112 valence electrons. The Labute approximate surface area is 124 Å². The summed E-state index contributed by atoms with van der Waals surface area (Å²) in [6, 6.07) is 8.42. The third-order valence-electron chi connectivity index (χ3n) is 3.01. The summed E-state index contributed by atoms with van der Waals surface area (Å²) >= 11 is 0. The zero-order chi connectivity index (χ0) is 15.1. The van der Waals surface area contributed by atoms with Crippen LogP contribution in [0.15, 0.2) is 33.8 Å². The molecule has 0 saturated carbocycles. The van der Waals surface area contributed by atoms with E-state index in [0.717, 1.165) is 12.5 Å².